The van der Waals surface area contributed by atoms with E-state index in [1.54, 1.807) is 17.3 Å². The smallest absolute Gasteiger partial charge is 0.184 e. The van der Waals surface area contributed by atoms with E-state index in [1.807, 2.05) is 26.0 Å². The molecule has 0 bridgehead atoms. The molecule has 0 aliphatic heterocycles. The van der Waals surface area contributed by atoms with Crippen LogP contribution in [0.3, 0.4) is 0 Å². The monoisotopic (exact) mass is 161 g/mol. The molecule has 0 atom stereocenters. The number of nitrogens with zero attached hydrogens (tertiary/aromatic N) is 3. The van der Waals surface area contributed by atoms with Crippen molar-refractivity contribution in [3.05, 3.63) is 24.5 Å². The van der Waals surface area contributed by atoms with Crippen LogP contribution >= 0.6 is 0 Å². The molecule has 0 fully saturated rings. The third-order valence-corrected chi connectivity index (χ3v) is 1.55. The maximum atomic E-state index is 8.80. The molecule has 1 heterocycles. The highest BCUT2D eigenvalue weighted by atomic mass is 15.1. The van der Waals surface area contributed by atoms with Crippen molar-refractivity contribution < 1.29 is 0 Å². The Labute approximate surface area is 72.3 Å². The summed E-state index contributed by atoms with van der Waals surface area (Å²) < 4.78 is 0. The van der Waals surface area contributed by atoms with Crippen molar-refractivity contribution in [2.24, 2.45) is 0 Å². The van der Waals surface area contributed by atoms with E-state index in [0.29, 0.717) is 0 Å². The first-order valence-corrected chi connectivity index (χ1v) is 3.84. The number of rotatable bonds is 2. The molecule has 0 saturated heterocycles. The van der Waals surface area contributed by atoms with Gasteiger partial charge in [0, 0.05) is 12.2 Å². The predicted octanol–water partition coefficient (Wildman–Crippen LogP) is 1.78. The summed E-state index contributed by atoms with van der Waals surface area (Å²) in [4.78, 5) is 5.56. The minimum Gasteiger partial charge on any atom is -0.275 e. The molecule has 1 aromatic rings. The van der Waals surface area contributed by atoms with Gasteiger partial charge in [0.25, 0.3) is 0 Å². The van der Waals surface area contributed by atoms with Gasteiger partial charge in [-0.2, -0.15) is 5.26 Å². The van der Waals surface area contributed by atoms with Crippen molar-refractivity contribution in [3.8, 4) is 6.19 Å². The van der Waals surface area contributed by atoms with Crippen LogP contribution in [-0.4, -0.2) is 11.0 Å². The van der Waals surface area contributed by atoms with Crippen LogP contribution in [0, 0.1) is 11.5 Å². The fraction of sp³-hybridized carbons (Fsp3) is 0.333. The van der Waals surface area contributed by atoms with Crippen LogP contribution in [0.25, 0.3) is 0 Å². The van der Waals surface area contributed by atoms with E-state index in [0.717, 1.165) is 5.69 Å². The maximum absolute atomic E-state index is 8.80. The quantitative estimate of drug-likeness (QED) is 0.490. The van der Waals surface area contributed by atoms with Crippen LogP contribution in [0.1, 0.15) is 13.8 Å². The fourth-order valence-corrected chi connectivity index (χ4v) is 0.968. The topological polar surface area (TPSA) is 39.9 Å². The largest absolute Gasteiger partial charge is 0.275 e. The third-order valence-electron chi connectivity index (χ3n) is 1.55. The molecule has 0 saturated carbocycles. The van der Waals surface area contributed by atoms with E-state index in [9.17, 15) is 0 Å². The Hall–Kier alpha value is -1.56. The average molecular weight is 161 g/mol. The minimum atomic E-state index is 0.180. The summed E-state index contributed by atoms with van der Waals surface area (Å²) in [5, 5.41) is 8.80. The Balaban J connectivity index is 2.90. The molecule has 12 heavy (non-hydrogen) atoms. The van der Waals surface area contributed by atoms with Crippen LogP contribution in [0.15, 0.2) is 24.5 Å². The molecule has 1 aromatic heterocycles. The van der Waals surface area contributed by atoms with E-state index >= 15 is 0 Å². The normalized spacial score (nSPS) is 9.50. The molecule has 0 amide bonds. The molecular formula is C9H11N3. The first-order valence-electron chi connectivity index (χ1n) is 3.84. The van der Waals surface area contributed by atoms with Gasteiger partial charge in [-0.25, -0.2) is 0 Å². The van der Waals surface area contributed by atoms with Gasteiger partial charge in [-0.3, -0.25) is 9.88 Å². The highest BCUT2D eigenvalue weighted by molar-refractivity contribution is 5.48. The van der Waals surface area contributed by atoms with Crippen LogP contribution in [0.4, 0.5) is 5.69 Å². The lowest BCUT2D eigenvalue weighted by molar-refractivity contribution is 0.789. The van der Waals surface area contributed by atoms with Crippen molar-refractivity contribution in [2.45, 2.75) is 19.9 Å². The van der Waals surface area contributed by atoms with Crippen molar-refractivity contribution in [1.29, 1.82) is 5.26 Å². The van der Waals surface area contributed by atoms with E-state index in [2.05, 4.69) is 11.2 Å². The van der Waals surface area contributed by atoms with Gasteiger partial charge in [0.15, 0.2) is 6.19 Å². The zero-order valence-corrected chi connectivity index (χ0v) is 7.23. The van der Waals surface area contributed by atoms with E-state index in [4.69, 9.17) is 5.26 Å². The van der Waals surface area contributed by atoms with Crippen molar-refractivity contribution >= 4 is 5.69 Å². The molecule has 62 valence electrons. The highest BCUT2D eigenvalue weighted by Gasteiger charge is 2.07. The summed E-state index contributed by atoms with van der Waals surface area (Å²) in [5.74, 6) is 0. The Morgan fingerprint density at radius 1 is 1.58 bits per heavy atom. The Morgan fingerprint density at radius 2 is 2.33 bits per heavy atom. The SMILES string of the molecule is CC(C)N(C#N)c1cccnc1. The van der Waals surface area contributed by atoms with E-state index < -0.39 is 0 Å². The summed E-state index contributed by atoms with van der Waals surface area (Å²) in [6.07, 6.45) is 5.49. The number of pyridine rings is 1. The first-order chi connectivity index (χ1) is 5.75. The zero-order valence-electron chi connectivity index (χ0n) is 7.23. The van der Waals surface area contributed by atoms with Crippen LogP contribution in [0.2, 0.25) is 0 Å². The van der Waals surface area contributed by atoms with Gasteiger partial charge in [0.2, 0.25) is 0 Å². The number of hydrogen-bond donors (Lipinski definition) is 0. The van der Waals surface area contributed by atoms with Gasteiger partial charge in [-0.15, -0.1) is 0 Å². The first kappa shape index (κ1) is 8.54. The van der Waals surface area contributed by atoms with Gasteiger partial charge in [0.05, 0.1) is 11.9 Å². The Morgan fingerprint density at radius 3 is 2.75 bits per heavy atom. The fourth-order valence-electron chi connectivity index (χ4n) is 0.968. The lowest BCUT2D eigenvalue weighted by atomic mass is 10.3. The van der Waals surface area contributed by atoms with E-state index in [-0.39, 0.29) is 6.04 Å². The van der Waals surface area contributed by atoms with E-state index in [1.165, 1.54) is 0 Å². The summed E-state index contributed by atoms with van der Waals surface area (Å²) in [7, 11) is 0. The van der Waals surface area contributed by atoms with Gasteiger partial charge in [-0.05, 0) is 26.0 Å². The Kier molecular flexibility index (Phi) is 2.65. The number of nitriles is 1. The molecule has 1 rings (SSSR count). The predicted molar refractivity (Wildman–Crippen MR) is 47.5 cm³/mol. The summed E-state index contributed by atoms with van der Waals surface area (Å²) in [6, 6.07) is 3.87. The second-order valence-corrected chi connectivity index (χ2v) is 2.77. The second-order valence-electron chi connectivity index (χ2n) is 2.77. The molecule has 0 N–H and O–H groups in total. The van der Waals surface area contributed by atoms with Crippen molar-refractivity contribution in [2.75, 3.05) is 4.90 Å². The third kappa shape index (κ3) is 1.73. The molecule has 0 radical (unpaired) electrons. The van der Waals surface area contributed by atoms with Gasteiger partial charge in [0.1, 0.15) is 0 Å². The van der Waals surface area contributed by atoms with Gasteiger partial charge >= 0.3 is 0 Å². The molecule has 0 aromatic carbocycles. The lowest BCUT2D eigenvalue weighted by Gasteiger charge is -2.18. The van der Waals surface area contributed by atoms with Crippen LogP contribution in [-0.2, 0) is 0 Å². The standard InChI is InChI=1S/C9H11N3/c1-8(2)12(7-10)9-4-3-5-11-6-9/h3-6,8H,1-2H3. The van der Waals surface area contributed by atoms with Crippen LogP contribution in [0.5, 0.6) is 0 Å². The van der Waals surface area contributed by atoms with Gasteiger partial charge in [-0.1, -0.05) is 0 Å². The van der Waals surface area contributed by atoms with Gasteiger partial charge < -0.3 is 0 Å². The van der Waals surface area contributed by atoms with Crippen molar-refractivity contribution in [3.63, 3.8) is 0 Å². The molecular weight excluding hydrogens is 150 g/mol. The summed E-state index contributed by atoms with van der Waals surface area (Å²) in [5.41, 5.74) is 0.843. The maximum Gasteiger partial charge on any atom is 0.184 e. The molecule has 0 spiro atoms. The molecule has 3 heteroatoms. The molecule has 0 unspecified atom stereocenters. The highest BCUT2D eigenvalue weighted by Crippen LogP contribution is 2.12. The molecule has 0 aliphatic rings. The number of anilines is 1. The number of hydrogen-bond acceptors (Lipinski definition) is 3. The lowest BCUT2D eigenvalue weighted by Crippen LogP contribution is -2.24. The van der Waals surface area contributed by atoms with Crippen molar-refractivity contribution in [1.82, 2.24) is 4.98 Å². The number of aromatic nitrogens is 1. The molecule has 3 nitrogen and oxygen atoms in total. The summed E-state index contributed by atoms with van der Waals surface area (Å²) in [6.45, 7) is 3.94. The second kappa shape index (κ2) is 3.72. The minimum absolute atomic E-state index is 0.180. The molecule has 0 aliphatic carbocycles. The Bertz CT molecular complexity index is 274. The summed E-state index contributed by atoms with van der Waals surface area (Å²) >= 11 is 0. The average Bonchev–Trinajstić information content (AvgIpc) is 2.07. The van der Waals surface area contributed by atoms with Crippen LogP contribution < -0.4 is 4.90 Å². The zero-order chi connectivity index (χ0) is 8.97.